The summed E-state index contributed by atoms with van der Waals surface area (Å²) in [5, 5.41) is 8.97. The van der Waals surface area contributed by atoms with Gasteiger partial charge in [-0.25, -0.2) is 4.98 Å². The number of nitrogens with zero attached hydrogens (tertiary/aromatic N) is 4. The number of anilines is 1. The number of aromatic nitrogens is 3. The van der Waals surface area contributed by atoms with Gasteiger partial charge >= 0.3 is 0 Å². The van der Waals surface area contributed by atoms with Crippen LogP contribution in [-0.2, 0) is 13.6 Å². The zero-order valence-electron chi connectivity index (χ0n) is 17.9. The van der Waals surface area contributed by atoms with E-state index in [1.165, 1.54) is 0 Å². The second-order valence-corrected chi connectivity index (χ2v) is 7.45. The molecule has 2 heterocycles. The van der Waals surface area contributed by atoms with E-state index in [-0.39, 0.29) is 5.91 Å². The van der Waals surface area contributed by atoms with Gasteiger partial charge in [0.25, 0.3) is 5.91 Å². The molecule has 0 saturated carbocycles. The van der Waals surface area contributed by atoms with Crippen LogP contribution in [0.2, 0.25) is 0 Å². The average molecular weight is 402 g/mol. The van der Waals surface area contributed by atoms with Gasteiger partial charge in [-0.15, -0.1) is 0 Å². The minimum Gasteiger partial charge on any atom is -0.307 e. The molecule has 0 aliphatic heterocycles. The first-order valence-electron chi connectivity index (χ1n) is 9.73. The highest BCUT2D eigenvalue weighted by Crippen LogP contribution is 2.12. The second-order valence-electron chi connectivity index (χ2n) is 7.45. The van der Waals surface area contributed by atoms with Crippen LogP contribution in [0.4, 0.5) is 5.82 Å². The Morgan fingerprint density at radius 2 is 1.90 bits per heavy atom. The molecule has 6 nitrogen and oxygen atoms in total. The minimum atomic E-state index is -0.191. The Bertz CT molecular complexity index is 1170. The van der Waals surface area contributed by atoms with E-state index in [1.54, 1.807) is 17.1 Å². The maximum Gasteiger partial charge on any atom is 0.256 e. The number of rotatable bonds is 6. The van der Waals surface area contributed by atoms with Gasteiger partial charge in [0.1, 0.15) is 5.82 Å². The van der Waals surface area contributed by atoms with Crippen molar-refractivity contribution in [1.82, 2.24) is 19.7 Å². The van der Waals surface area contributed by atoms with Gasteiger partial charge in [0.2, 0.25) is 0 Å². The van der Waals surface area contributed by atoms with Crippen LogP contribution < -0.4 is 15.8 Å². The number of benzene rings is 1. The zero-order valence-corrected chi connectivity index (χ0v) is 17.9. The Kier molecular flexibility index (Phi) is 6.59. The molecule has 0 spiro atoms. The predicted molar refractivity (Wildman–Crippen MR) is 122 cm³/mol. The van der Waals surface area contributed by atoms with E-state index >= 15 is 0 Å². The van der Waals surface area contributed by atoms with Gasteiger partial charge in [-0.05, 0) is 66.9 Å². The standard InChI is InChI=1S/C24H27N5O/c1-6-19-13-25-23(12-21(19)11-17(2)22-14-26-29(5)16-22)27-24(30)20-9-7-18(8-10-20)15-28(3)4/h6-14,16H,2,15H2,1,3-5H3,(H,27,30)/b19-6-,21-11-. The third kappa shape index (κ3) is 5.30. The molecule has 0 atom stereocenters. The fourth-order valence-electron chi connectivity index (χ4n) is 3.09. The number of carbonyl (C=O) groups is 1. The van der Waals surface area contributed by atoms with E-state index in [0.29, 0.717) is 11.4 Å². The summed E-state index contributed by atoms with van der Waals surface area (Å²) in [6.45, 7) is 6.93. The Balaban J connectivity index is 1.83. The van der Waals surface area contributed by atoms with Gasteiger partial charge in [0.15, 0.2) is 0 Å². The van der Waals surface area contributed by atoms with Crippen LogP contribution in [0.5, 0.6) is 0 Å². The molecule has 154 valence electrons. The molecule has 30 heavy (non-hydrogen) atoms. The smallest absolute Gasteiger partial charge is 0.256 e. The highest BCUT2D eigenvalue weighted by Gasteiger charge is 2.08. The zero-order chi connectivity index (χ0) is 21.7. The van der Waals surface area contributed by atoms with Crippen LogP contribution >= 0.6 is 0 Å². The summed E-state index contributed by atoms with van der Waals surface area (Å²) in [7, 11) is 5.90. The Morgan fingerprint density at radius 3 is 2.50 bits per heavy atom. The molecule has 1 aromatic carbocycles. The van der Waals surface area contributed by atoms with E-state index in [4.69, 9.17) is 0 Å². The molecule has 0 aliphatic rings. The topological polar surface area (TPSA) is 63.1 Å². The van der Waals surface area contributed by atoms with Gasteiger partial charge in [0, 0.05) is 37.1 Å². The van der Waals surface area contributed by atoms with Gasteiger partial charge in [-0.1, -0.05) is 24.8 Å². The lowest BCUT2D eigenvalue weighted by Gasteiger charge is -2.10. The molecule has 3 aromatic rings. The highest BCUT2D eigenvalue weighted by molar-refractivity contribution is 6.03. The second kappa shape index (κ2) is 9.33. The van der Waals surface area contributed by atoms with Crippen molar-refractivity contribution in [2.45, 2.75) is 13.5 Å². The summed E-state index contributed by atoms with van der Waals surface area (Å²) < 4.78 is 1.74. The Labute approximate surface area is 176 Å². The molecule has 1 amide bonds. The van der Waals surface area contributed by atoms with Crippen molar-refractivity contribution >= 4 is 29.5 Å². The molecular weight excluding hydrogens is 374 g/mol. The lowest BCUT2D eigenvalue weighted by Crippen LogP contribution is -2.26. The number of carbonyl (C=O) groups excluding carboxylic acids is 1. The minimum absolute atomic E-state index is 0.191. The molecular formula is C24H27N5O. The third-order valence-electron chi connectivity index (χ3n) is 4.64. The molecule has 6 heteroatoms. The summed E-state index contributed by atoms with van der Waals surface area (Å²) in [6.07, 6.45) is 9.39. The van der Waals surface area contributed by atoms with Crippen LogP contribution in [0.1, 0.15) is 28.4 Å². The summed E-state index contributed by atoms with van der Waals surface area (Å²) >= 11 is 0. The molecule has 0 bridgehead atoms. The van der Waals surface area contributed by atoms with Crippen LogP contribution in [0.25, 0.3) is 17.7 Å². The van der Waals surface area contributed by atoms with Crippen molar-refractivity contribution in [2.24, 2.45) is 7.05 Å². The van der Waals surface area contributed by atoms with Gasteiger partial charge < -0.3 is 10.2 Å². The number of amides is 1. The lowest BCUT2D eigenvalue weighted by molar-refractivity contribution is 0.102. The van der Waals surface area contributed by atoms with Crippen molar-refractivity contribution in [3.05, 3.63) is 82.6 Å². The van der Waals surface area contributed by atoms with Crippen molar-refractivity contribution in [1.29, 1.82) is 0 Å². The van der Waals surface area contributed by atoms with Crippen LogP contribution in [0, 0.1) is 0 Å². The van der Waals surface area contributed by atoms with Crippen molar-refractivity contribution < 1.29 is 4.79 Å². The van der Waals surface area contributed by atoms with E-state index in [2.05, 4.69) is 26.9 Å². The van der Waals surface area contributed by atoms with Gasteiger partial charge in [-0.3, -0.25) is 9.48 Å². The van der Waals surface area contributed by atoms with E-state index in [1.807, 2.05) is 76.7 Å². The molecule has 1 N–H and O–H groups in total. The monoisotopic (exact) mass is 401 g/mol. The van der Waals surface area contributed by atoms with Gasteiger partial charge in [0.05, 0.1) is 6.20 Å². The number of hydrogen-bond acceptors (Lipinski definition) is 4. The van der Waals surface area contributed by atoms with Crippen molar-refractivity contribution in [3.8, 4) is 0 Å². The molecule has 0 unspecified atom stereocenters. The van der Waals surface area contributed by atoms with Crippen LogP contribution in [0.15, 0.2) is 55.5 Å². The number of nitrogens with one attached hydrogen (secondary N) is 1. The number of aryl methyl sites for hydroxylation is 1. The SMILES string of the molecule is C=C(/C=c1/cc(NC(=O)c2ccc(CN(C)C)cc2)nc/c1=C/C)c1cnn(C)c1. The van der Waals surface area contributed by atoms with E-state index < -0.39 is 0 Å². The number of allylic oxidation sites excluding steroid dienone is 1. The Hall–Kier alpha value is -3.51. The first kappa shape index (κ1) is 21.2. The maximum atomic E-state index is 12.7. The van der Waals surface area contributed by atoms with Crippen LogP contribution in [0.3, 0.4) is 0 Å². The normalized spacial score (nSPS) is 12.4. The molecule has 0 aliphatic carbocycles. The Morgan fingerprint density at radius 1 is 1.17 bits per heavy atom. The first-order valence-corrected chi connectivity index (χ1v) is 9.73. The maximum absolute atomic E-state index is 12.7. The quantitative estimate of drug-likeness (QED) is 0.689. The summed E-state index contributed by atoms with van der Waals surface area (Å²) in [4.78, 5) is 19.1. The molecule has 0 saturated heterocycles. The summed E-state index contributed by atoms with van der Waals surface area (Å²) in [5.41, 5.74) is 3.53. The fraction of sp³-hybridized carbons (Fsp3) is 0.208. The largest absolute Gasteiger partial charge is 0.307 e. The van der Waals surface area contributed by atoms with Gasteiger partial charge in [-0.2, -0.15) is 5.10 Å². The summed E-state index contributed by atoms with van der Waals surface area (Å²) in [5.74, 6) is 0.303. The third-order valence-corrected chi connectivity index (χ3v) is 4.64. The average Bonchev–Trinajstić information content (AvgIpc) is 3.15. The lowest BCUT2D eigenvalue weighted by atomic mass is 10.1. The van der Waals surface area contributed by atoms with E-state index in [9.17, 15) is 4.79 Å². The molecule has 2 aromatic heterocycles. The van der Waals surface area contributed by atoms with E-state index in [0.717, 1.165) is 33.7 Å². The highest BCUT2D eigenvalue weighted by atomic mass is 16.1. The predicted octanol–water partition coefficient (Wildman–Crippen LogP) is 2.42. The number of hydrogen-bond donors (Lipinski definition) is 1. The number of pyridine rings is 1. The fourth-order valence-corrected chi connectivity index (χ4v) is 3.09. The van der Waals surface area contributed by atoms with Crippen molar-refractivity contribution in [3.63, 3.8) is 0 Å². The molecule has 3 rings (SSSR count). The van der Waals surface area contributed by atoms with Crippen LogP contribution in [-0.4, -0.2) is 39.7 Å². The first-order chi connectivity index (χ1) is 14.4. The van der Waals surface area contributed by atoms with Crippen molar-refractivity contribution in [2.75, 3.05) is 19.4 Å². The molecule has 0 fully saturated rings. The molecule has 0 radical (unpaired) electrons. The summed E-state index contributed by atoms with van der Waals surface area (Å²) in [6, 6.07) is 9.46.